The molecular formula is C33H62Li2O7S. The second-order valence-corrected chi connectivity index (χ2v) is 13.9. The summed E-state index contributed by atoms with van der Waals surface area (Å²) in [5, 5.41) is 23.8. The van der Waals surface area contributed by atoms with Crippen molar-refractivity contribution < 1.29 is 70.5 Å². The van der Waals surface area contributed by atoms with E-state index in [4.69, 9.17) is 0 Å². The molecule has 244 valence electrons. The maximum Gasteiger partial charge on any atom is 1.00 e. The first-order valence-corrected chi connectivity index (χ1v) is 18.5. The molecule has 10 heteroatoms. The van der Waals surface area contributed by atoms with Gasteiger partial charge in [0.15, 0.2) is 0 Å². The normalized spacial score (nSPS) is 13.5. The molecule has 0 spiro atoms. The molecule has 0 aliphatic carbocycles. The molecule has 7 nitrogen and oxygen atoms in total. The fraction of sp³-hybridized carbons (Fsp3) is 0.939. The summed E-state index contributed by atoms with van der Waals surface area (Å²) in [4.78, 5) is 23.8. The Morgan fingerprint density at radius 2 is 0.884 bits per heavy atom. The number of aliphatic carboxylic acids is 2. The van der Waals surface area contributed by atoms with Gasteiger partial charge in [-0.05, 0) is 25.2 Å². The van der Waals surface area contributed by atoms with Crippen LogP contribution in [0, 0.1) is 5.92 Å². The molecule has 0 aromatic carbocycles. The van der Waals surface area contributed by atoms with Gasteiger partial charge < -0.3 is 19.8 Å². The second kappa shape index (κ2) is 30.7. The molecule has 0 saturated heterocycles. The maximum absolute atomic E-state index is 12.5. The van der Waals surface area contributed by atoms with E-state index in [2.05, 4.69) is 13.8 Å². The Balaban J connectivity index is -0.00000800. The number of unbranched alkanes of at least 4 members (excludes halogenated alkanes) is 22. The fourth-order valence-corrected chi connectivity index (χ4v) is 7.31. The zero-order valence-electron chi connectivity index (χ0n) is 28.5. The molecule has 2 unspecified atom stereocenters. The third kappa shape index (κ3) is 23.1. The van der Waals surface area contributed by atoms with E-state index in [9.17, 15) is 32.8 Å². The van der Waals surface area contributed by atoms with Crippen LogP contribution in [-0.4, -0.2) is 29.7 Å². The summed E-state index contributed by atoms with van der Waals surface area (Å²) in [7, 11) is -5.10. The monoisotopic (exact) mass is 616 g/mol. The Hall–Kier alpha value is 0.0448. The van der Waals surface area contributed by atoms with Crippen LogP contribution >= 0.6 is 0 Å². The number of carbonyl (C=O) groups excluding carboxylic acids is 2. The predicted octanol–water partition coefficient (Wildman–Crippen LogP) is 1.31. The van der Waals surface area contributed by atoms with Crippen LogP contribution in [0.5, 0.6) is 0 Å². The van der Waals surface area contributed by atoms with E-state index in [1.54, 1.807) is 0 Å². The zero-order chi connectivity index (χ0) is 30.8. The minimum Gasteiger partial charge on any atom is -0.550 e. The molecule has 0 amide bonds. The van der Waals surface area contributed by atoms with E-state index < -0.39 is 39.1 Å². The molecular weight excluding hydrogens is 554 g/mol. The molecule has 2 atom stereocenters. The van der Waals surface area contributed by atoms with Gasteiger partial charge in [-0.15, -0.1) is 0 Å². The number of hydrogen-bond acceptors (Lipinski definition) is 6. The summed E-state index contributed by atoms with van der Waals surface area (Å²) >= 11 is 0. The van der Waals surface area contributed by atoms with Crippen LogP contribution in [0.2, 0.25) is 0 Å². The van der Waals surface area contributed by atoms with Crippen LogP contribution in [0.4, 0.5) is 0 Å². The van der Waals surface area contributed by atoms with Gasteiger partial charge in [0.1, 0.15) is 4.75 Å². The molecule has 1 N–H and O–H groups in total. The summed E-state index contributed by atoms with van der Waals surface area (Å²) < 4.78 is 32.4. The first-order valence-electron chi connectivity index (χ1n) is 17.0. The largest absolute Gasteiger partial charge is 1.00 e. The smallest absolute Gasteiger partial charge is 0.550 e. The van der Waals surface area contributed by atoms with Gasteiger partial charge in [-0.3, -0.25) is 4.55 Å². The Morgan fingerprint density at radius 3 is 1.16 bits per heavy atom. The minimum absolute atomic E-state index is 0. The summed E-state index contributed by atoms with van der Waals surface area (Å²) in [6.45, 7) is 4.42. The van der Waals surface area contributed by atoms with Crippen LogP contribution in [0.15, 0.2) is 0 Å². The molecule has 0 aliphatic rings. The van der Waals surface area contributed by atoms with Crippen LogP contribution in [0.3, 0.4) is 0 Å². The Kier molecular flexibility index (Phi) is 33.9. The van der Waals surface area contributed by atoms with Gasteiger partial charge >= 0.3 is 37.7 Å². The van der Waals surface area contributed by atoms with Crippen molar-refractivity contribution in [2.75, 3.05) is 0 Å². The van der Waals surface area contributed by atoms with Gasteiger partial charge in [0.25, 0.3) is 10.1 Å². The molecule has 0 fully saturated rings. The standard InChI is InChI=1S/C33H64O7S.2Li/c1-3-5-7-9-11-13-15-17-19-21-23-25-27-30(29-31(34)35)33(32(36)37,41(38,39)40)28-26-24-22-20-18-16-14-12-10-8-6-4-2;;/h30H,3-29H2,1-2H3,(H,34,35)(H,36,37)(H,38,39,40);;/q;2*+1/p-2. The second-order valence-electron chi connectivity index (χ2n) is 12.2. The molecule has 0 radical (unpaired) electrons. The van der Waals surface area contributed by atoms with Crippen molar-refractivity contribution in [2.24, 2.45) is 5.92 Å². The summed E-state index contributed by atoms with van der Waals surface area (Å²) in [5.41, 5.74) is 0. The summed E-state index contributed by atoms with van der Waals surface area (Å²) in [5.74, 6) is -4.71. The fourth-order valence-electron chi connectivity index (χ4n) is 6.08. The van der Waals surface area contributed by atoms with E-state index in [0.717, 1.165) is 51.4 Å². The topological polar surface area (TPSA) is 135 Å². The van der Waals surface area contributed by atoms with E-state index in [0.29, 0.717) is 12.8 Å². The summed E-state index contributed by atoms with van der Waals surface area (Å²) in [6.07, 6.45) is 24.7. The van der Waals surface area contributed by atoms with Crippen molar-refractivity contribution in [1.29, 1.82) is 0 Å². The molecule has 0 heterocycles. The van der Waals surface area contributed by atoms with Crippen LogP contribution in [0.1, 0.15) is 187 Å². The van der Waals surface area contributed by atoms with Gasteiger partial charge in [-0.25, -0.2) is 0 Å². The molecule has 0 aliphatic heterocycles. The van der Waals surface area contributed by atoms with Gasteiger partial charge in [-0.1, -0.05) is 168 Å². The SMILES string of the molecule is CCCCCCCCCCCCCCC(CC(=O)[O-])C(CCCCCCCCCCCCCC)(C(=O)[O-])S(=O)(=O)O.[Li+].[Li+]. The number of rotatable bonds is 31. The Morgan fingerprint density at radius 1 is 0.581 bits per heavy atom. The van der Waals surface area contributed by atoms with E-state index >= 15 is 0 Å². The third-order valence-corrected chi connectivity index (χ3v) is 10.3. The predicted molar refractivity (Wildman–Crippen MR) is 164 cm³/mol. The summed E-state index contributed by atoms with van der Waals surface area (Å²) in [6, 6.07) is 0. The van der Waals surface area contributed by atoms with Gasteiger partial charge in [0.2, 0.25) is 0 Å². The molecule has 0 bridgehead atoms. The quantitative estimate of drug-likeness (QED) is 0.0705. The van der Waals surface area contributed by atoms with Gasteiger partial charge in [0.05, 0.1) is 5.97 Å². The van der Waals surface area contributed by atoms with Crippen molar-refractivity contribution in [2.45, 2.75) is 192 Å². The van der Waals surface area contributed by atoms with Crippen LogP contribution < -0.4 is 47.9 Å². The maximum atomic E-state index is 12.5. The molecule has 0 rings (SSSR count). The molecule has 0 saturated carbocycles. The van der Waals surface area contributed by atoms with E-state index in [-0.39, 0.29) is 57.0 Å². The molecule has 0 aromatic rings. The number of carboxylic acid groups (broad SMARTS) is 2. The average molecular weight is 617 g/mol. The van der Waals surface area contributed by atoms with Crippen LogP contribution in [0.25, 0.3) is 0 Å². The number of hydrogen-bond donors (Lipinski definition) is 1. The van der Waals surface area contributed by atoms with E-state index in [1.807, 2.05) is 0 Å². The number of carboxylic acids is 2. The van der Waals surface area contributed by atoms with Gasteiger partial charge in [-0.2, -0.15) is 8.42 Å². The van der Waals surface area contributed by atoms with Crippen molar-refractivity contribution in [3.05, 3.63) is 0 Å². The van der Waals surface area contributed by atoms with Crippen molar-refractivity contribution in [1.82, 2.24) is 0 Å². The molecule has 43 heavy (non-hydrogen) atoms. The molecule has 0 aromatic heterocycles. The van der Waals surface area contributed by atoms with Crippen molar-refractivity contribution in [3.8, 4) is 0 Å². The average Bonchev–Trinajstić information content (AvgIpc) is 2.90. The first-order chi connectivity index (χ1) is 19.6. The van der Waals surface area contributed by atoms with Crippen molar-refractivity contribution in [3.63, 3.8) is 0 Å². The third-order valence-electron chi connectivity index (χ3n) is 8.69. The number of carbonyl (C=O) groups is 2. The van der Waals surface area contributed by atoms with Crippen molar-refractivity contribution >= 4 is 22.1 Å². The first kappa shape index (κ1) is 47.5. The zero-order valence-corrected chi connectivity index (χ0v) is 29.3. The Labute approximate surface area is 289 Å². The van der Waals surface area contributed by atoms with Gasteiger partial charge in [0, 0.05) is 5.97 Å². The Bertz CT molecular complexity index is 764. The minimum atomic E-state index is -5.10. The van der Waals surface area contributed by atoms with E-state index in [1.165, 1.54) is 83.5 Å². The van der Waals surface area contributed by atoms with Crippen LogP contribution in [-0.2, 0) is 19.7 Å².